The lowest BCUT2D eigenvalue weighted by Gasteiger charge is -2.15. The number of hydrogen-bond donors (Lipinski definition) is 2. The number of benzene rings is 2. The maximum atomic E-state index is 12.2. The smallest absolute Gasteiger partial charge is 0.233 e. The van der Waals surface area contributed by atoms with Gasteiger partial charge in [-0.2, -0.15) is 0 Å². The van der Waals surface area contributed by atoms with Crippen LogP contribution in [0, 0.1) is 19.8 Å². The zero-order valence-corrected chi connectivity index (χ0v) is 14.9. The van der Waals surface area contributed by atoms with Crippen LogP contribution < -0.4 is 10.0 Å². The van der Waals surface area contributed by atoms with Gasteiger partial charge in [-0.3, -0.25) is 9.52 Å². The molecule has 5 nitrogen and oxygen atoms in total. The van der Waals surface area contributed by atoms with Crippen molar-refractivity contribution in [2.75, 3.05) is 15.8 Å². The molecule has 0 saturated carbocycles. The molecule has 0 aliphatic rings. The van der Waals surface area contributed by atoms with Crippen LogP contribution >= 0.6 is 0 Å². The van der Waals surface area contributed by atoms with E-state index >= 15 is 0 Å². The summed E-state index contributed by atoms with van der Waals surface area (Å²) in [4.78, 5) is 12.2. The number of para-hydroxylation sites is 1. The van der Waals surface area contributed by atoms with Gasteiger partial charge in [0.2, 0.25) is 15.9 Å². The average Bonchev–Trinajstić information content (AvgIpc) is 2.51. The number of nitrogens with one attached hydrogen (secondary N) is 2. The predicted molar refractivity (Wildman–Crippen MR) is 97.6 cm³/mol. The molecule has 0 fully saturated rings. The van der Waals surface area contributed by atoms with Crippen LogP contribution in [-0.4, -0.2) is 20.1 Å². The molecule has 24 heavy (non-hydrogen) atoms. The predicted octanol–water partition coefficient (Wildman–Crippen LogP) is 3.32. The molecule has 2 rings (SSSR count). The minimum Gasteiger partial charge on any atom is -0.326 e. The number of carbonyl (C=O) groups excluding carboxylic acids is 1. The Morgan fingerprint density at radius 3 is 2.29 bits per heavy atom. The molecule has 0 aliphatic carbocycles. The van der Waals surface area contributed by atoms with Gasteiger partial charge in [-0.05, 0) is 37.6 Å². The van der Waals surface area contributed by atoms with Gasteiger partial charge in [0.15, 0.2) is 0 Å². The van der Waals surface area contributed by atoms with Crippen molar-refractivity contribution in [1.82, 2.24) is 0 Å². The van der Waals surface area contributed by atoms with E-state index in [4.69, 9.17) is 0 Å². The van der Waals surface area contributed by atoms with Gasteiger partial charge in [0, 0.05) is 11.4 Å². The van der Waals surface area contributed by atoms with Gasteiger partial charge in [0.25, 0.3) is 0 Å². The molecule has 0 aliphatic heterocycles. The molecule has 0 aromatic heterocycles. The number of carbonyl (C=O) groups is 1. The van der Waals surface area contributed by atoms with E-state index in [1.807, 2.05) is 44.2 Å². The van der Waals surface area contributed by atoms with Crippen LogP contribution in [0.3, 0.4) is 0 Å². The van der Waals surface area contributed by atoms with E-state index in [-0.39, 0.29) is 11.7 Å². The fourth-order valence-electron chi connectivity index (χ4n) is 2.22. The third-order valence-electron chi connectivity index (χ3n) is 3.64. The third-order valence-corrected chi connectivity index (χ3v) is 5.13. The molecule has 0 heterocycles. The van der Waals surface area contributed by atoms with E-state index < -0.39 is 15.9 Å². The van der Waals surface area contributed by atoms with Gasteiger partial charge in [-0.15, -0.1) is 0 Å². The zero-order valence-electron chi connectivity index (χ0n) is 14.0. The Labute approximate surface area is 143 Å². The Hall–Kier alpha value is -2.34. The Bertz CT molecular complexity index is 814. The van der Waals surface area contributed by atoms with Gasteiger partial charge >= 0.3 is 0 Å². The Kier molecular flexibility index (Phi) is 5.62. The van der Waals surface area contributed by atoms with E-state index in [0.29, 0.717) is 11.4 Å². The number of sulfonamides is 1. The molecule has 0 spiro atoms. The van der Waals surface area contributed by atoms with Gasteiger partial charge in [0.1, 0.15) is 0 Å². The van der Waals surface area contributed by atoms with Crippen molar-refractivity contribution in [2.24, 2.45) is 5.92 Å². The molecule has 1 unspecified atom stereocenters. The molecule has 0 saturated heterocycles. The summed E-state index contributed by atoms with van der Waals surface area (Å²) in [6.45, 7) is 5.41. The fourth-order valence-corrected chi connectivity index (χ4v) is 3.60. The maximum Gasteiger partial charge on any atom is 0.233 e. The van der Waals surface area contributed by atoms with Crippen LogP contribution in [0.25, 0.3) is 0 Å². The van der Waals surface area contributed by atoms with Gasteiger partial charge < -0.3 is 5.32 Å². The highest BCUT2D eigenvalue weighted by Crippen LogP contribution is 2.16. The molecule has 1 amide bonds. The summed E-state index contributed by atoms with van der Waals surface area (Å²) in [7, 11) is -3.60. The first-order chi connectivity index (χ1) is 11.3. The summed E-state index contributed by atoms with van der Waals surface area (Å²) in [5.41, 5.74) is 3.16. The van der Waals surface area contributed by atoms with E-state index in [0.717, 1.165) is 11.1 Å². The average molecular weight is 346 g/mol. The molecule has 2 aromatic carbocycles. The van der Waals surface area contributed by atoms with Crippen LogP contribution in [0.5, 0.6) is 0 Å². The van der Waals surface area contributed by atoms with Crippen LogP contribution in [0.1, 0.15) is 18.1 Å². The topological polar surface area (TPSA) is 75.3 Å². The number of aryl methyl sites for hydroxylation is 2. The molecule has 0 bridgehead atoms. The van der Waals surface area contributed by atoms with Crippen LogP contribution in [0.4, 0.5) is 11.4 Å². The monoisotopic (exact) mass is 346 g/mol. The number of anilines is 2. The van der Waals surface area contributed by atoms with Crippen molar-refractivity contribution in [3.8, 4) is 0 Å². The van der Waals surface area contributed by atoms with Crippen molar-refractivity contribution in [1.29, 1.82) is 0 Å². The highest BCUT2D eigenvalue weighted by atomic mass is 32.2. The van der Waals surface area contributed by atoms with Crippen molar-refractivity contribution in [3.63, 3.8) is 0 Å². The van der Waals surface area contributed by atoms with Gasteiger partial charge in [-0.1, -0.05) is 42.8 Å². The second-order valence-corrected chi connectivity index (χ2v) is 7.72. The standard InChI is InChI=1S/C18H22N2O3S/c1-13-8-10-16(11-9-13)20-24(22,23)12-15(3)18(21)19-17-7-5-4-6-14(17)2/h4-11,15,20H,12H2,1-3H3,(H,19,21). The molecule has 0 radical (unpaired) electrons. The van der Waals surface area contributed by atoms with Crippen LogP contribution in [0.2, 0.25) is 0 Å². The van der Waals surface area contributed by atoms with Crippen LogP contribution in [-0.2, 0) is 14.8 Å². The second-order valence-electron chi connectivity index (χ2n) is 5.95. The summed E-state index contributed by atoms with van der Waals surface area (Å²) in [6.07, 6.45) is 0. The zero-order chi connectivity index (χ0) is 17.7. The largest absolute Gasteiger partial charge is 0.326 e. The minimum absolute atomic E-state index is 0.279. The highest BCUT2D eigenvalue weighted by Gasteiger charge is 2.22. The normalized spacial score (nSPS) is 12.5. The molecular formula is C18H22N2O3S. The Balaban J connectivity index is 1.99. The lowest BCUT2D eigenvalue weighted by atomic mass is 10.1. The van der Waals surface area contributed by atoms with Crippen LogP contribution in [0.15, 0.2) is 48.5 Å². The second kappa shape index (κ2) is 7.49. The summed E-state index contributed by atoms with van der Waals surface area (Å²) in [5.74, 6) is -1.27. The fraction of sp³-hybridized carbons (Fsp3) is 0.278. The molecule has 1 atom stereocenters. The summed E-state index contributed by atoms with van der Waals surface area (Å²) < 4.78 is 27.0. The lowest BCUT2D eigenvalue weighted by Crippen LogP contribution is -2.30. The highest BCUT2D eigenvalue weighted by molar-refractivity contribution is 7.92. The summed E-state index contributed by atoms with van der Waals surface area (Å²) >= 11 is 0. The van der Waals surface area contributed by atoms with E-state index in [1.54, 1.807) is 25.1 Å². The van der Waals surface area contributed by atoms with Gasteiger partial charge in [-0.25, -0.2) is 8.42 Å². The maximum absolute atomic E-state index is 12.2. The Morgan fingerprint density at radius 1 is 1.04 bits per heavy atom. The number of amides is 1. The number of rotatable bonds is 6. The molecular weight excluding hydrogens is 324 g/mol. The first-order valence-electron chi connectivity index (χ1n) is 7.70. The van der Waals surface area contributed by atoms with Crippen molar-refractivity contribution in [2.45, 2.75) is 20.8 Å². The first-order valence-corrected chi connectivity index (χ1v) is 9.36. The molecule has 2 N–H and O–H groups in total. The third kappa shape index (κ3) is 5.09. The van der Waals surface area contributed by atoms with Gasteiger partial charge in [0.05, 0.1) is 11.7 Å². The lowest BCUT2D eigenvalue weighted by molar-refractivity contribution is -0.118. The molecule has 2 aromatic rings. The summed E-state index contributed by atoms with van der Waals surface area (Å²) in [5, 5.41) is 2.77. The van der Waals surface area contributed by atoms with Crippen molar-refractivity contribution < 1.29 is 13.2 Å². The van der Waals surface area contributed by atoms with E-state index in [9.17, 15) is 13.2 Å². The minimum atomic E-state index is -3.60. The van der Waals surface area contributed by atoms with Crippen molar-refractivity contribution in [3.05, 3.63) is 59.7 Å². The SMILES string of the molecule is Cc1ccc(NS(=O)(=O)CC(C)C(=O)Nc2ccccc2C)cc1. The Morgan fingerprint density at radius 2 is 1.67 bits per heavy atom. The number of hydrogen-bond acceptors (Lipinski definition) is 3. The first kappa shape index (κ1) is 18.0. The van der Waals surface area contributed by atoms with E-state index in [2.05, 4.69) is 10.0 Å². The molecule has 6 heteroatoms. The van der Waals surface area contributed by atoms with E-state index in [1.165, 1.54) is 0 Å². The molecule has 128 valence electrons. The van der Waals surface area contributed by atoms with Crippen molar-refractivity contribution >= 4 is 27.3 Å². The summed E-state index contributed by atoms with van der Waals surface area (Å²) in [6, 6.07) is 14.4. The quantitative estimate of drug-likeness (QED) is 0.842.